The normalized spacial score (nSPS) is 23.2. The number of nitrogens with zero attached hydrogens (tertiary/aromatic N) is 3. The molecule has 0 bridgehead atoms. The van der Waals surface area contributed by atoms with Crippen LogP contribution in [0.1, 0.15) is 24.2 Å². The van der Waals surface area contributed by atoms with Gasteiger partial charge in [0.1, 0.15) is 11.6 Å². The minimum Gasteiger partial charge on any atom is -0.396 e. The van der Waals surface area contributed by atoms with Crippen LogP contribution in [0.15, 0.2) is 59.7 Å². The number of amides is 1. The zero-order chi connectivity index (χ0) is 24.7. The summed E-state index contributed by atoms with van der Waals surface area (Å²) >= 11 is 0. The molecule has 1 aromatic carbocycles. The van der Waals surface area contributed by atoms with Crippen molar-refractivity contribution in [1.29, 1.82) is 0 Å². The van der Waals surface area contributed by atoms with Gasteiger partial charge in [-0.25, -0.2) is 8.78 Å². The van der Waals surface area contributed by atoms with Crippen molar-refractivity contribution >= 4 is 5.91 Å². The molecule has 2 N–H and O–H groups in total. The lowest BCUT2D eigenvalue weighted by atomic mass is 9.88. The van der Waals surface area contributed by atoms with Crippen LogP contribution in [0, 0.1) is 23.5 Å². The molecule has 0 unspecified atom stereocenters. The summed E-state index contributed by atoms with van der Waals surface area (Å²) in [5.74, 6) is -2.15. The van der Waals surface area contributed by atoms with E-state index in [1.807, 2.05) is 6.07 Å². The number of aliphatic hydroxyl groups excluding tert-OH is 1. The van der Waals surface area contributed by atoms with Crippen molar-refractivity contribution in [2.45, 2.75) is 32.1 Å². The van der Waals surface area contributed by atoms with Gasteiger partial charge in [0.2, 0.25) is 5.91 Å². The van der Waals surface area contributed by atoms with Crippen molar-refractivity contribution in [1.82, 2.24) is 19.8 Å². The van der Waals surface area contributed by atoms with E-state index in [0.29, 0.717) is 24.3 Å². The third-order valence-corrected chi connectivity index (χ3v) is 7.16. The molecule has 2 aliphatic heterocycles. The predicted octanol–water partition coefficient (Wildman–Crippen LogP) is 2.49. The second-order valence-corrected chi connectivity index (χ2v) is 9.03. The van der Waals surface area contributed by atoms with E-state index in [1.165, 1.54) is 0 Å². The second kappa shape index (κ2) is 9.31. The number of hydrogen-bond donors (Lipinski definition) is 2. The van der Waals surface area contributed by atoms with Crippen LogP contribution in [0.3, 0.4) is 0 Å². The highest BCUT2D eigenvalue weighted by Crippen LogP contribution is 2.50. The fourth-order valence-corrected chi connectivity index (χ4v) is 5.68. The minimum absolute atomic E-state index is 0.0383. The van der Waals surface area contributed by atoms with Crippen molar-refractivity contribution in [3.63, 3.8) is 0 Å². The molecule has 0 saturated carbocycles. The Morgan fingerprint density at radius 3 is 2.66 bits per heavy atom. The summed E-state index contributed by atoms with van der Waals surface area (Å²) in [6, 6.07) is 9.21. The van der Waals surface area contributed by atoms with Crippen molar-refractivity contribution in [3.05, 3.63) is 88.1 Å². The molecule has 0 aliphatic carbocycles. The first-order valence-electron chi connectivity index (χ1n) is 11.7. The molecule has 0 spiro atoms. The fourth-order valence-electron chi connectivity index (χ4n) is 5.68. The summed E-state index contributed by atoms with van der Waals surface area (Å²) in [7, 11) is 0. The molecule has 35 heavy (non-hydrogen) atoms. The standard InChI is InChI=1S/C26H26F2N4O3/c1-2-30-25(34)24-20(14-33)19-13-31-22(6-4-18(26(31)35)15-7-9-29-10-8-15)23(19)32(24)12-16-11-17(27)3-5-21(16)28/h3-11,19-20,23-24,33H,2,12-14H2,1H3,(H,30,34)/t19-,20-,23+,24-/m1/s1. The lowest BCUT2D eigenvalue weighted by Gasteiger charge is -2.31. The molecule has 1 saturated heterocycles. The van der Waals surface area contributed by atoms with Crippen LogP contribution < -0.4 is 10.9 Å². The fraction of sp³-hybridized carbons (Fsp3) is 0.346. The number of aromatic nitrogens is 2. The summed E-state index contributed by atoms with van der Waals surface area (Å²) in [4.78, 5) is 32.4. The third-order valence-electron chi connectivity index (χ3n) is 7.16. The van der Waals surface area contributed by atoms with Crippen LogP contribution >= 0.6 is 0 Å². The summed E-state index contributed by atoms with van der Waals surface area (Å²) in [6.45, 7) is 2.21. The molecule has 5 rings (SSSR count). The van der Waals surface area contributed by atoms with Gasteiger partial charge >= 0.3 is 0 Å². The molecule has 2 aromatic heterocycles. The van der Waals surface area contributed by atoms with Crippen LogP contribution in [-0.4, -0.2) is 44.7 Å². The van der Waals surface area contributed by atoms with Crippen LogP contribution in [-0.2, 0) is 17.9 Å². The van der Waals surface area contributed by atoms with E-state index < -0.39 is 29.6 Å². The van der Waals surface area contributed by atoms with E-state index in [9.17, 15) is 23.5 Å². The first-order chi connectivity index (χ1) is 16.9. The van der Waals surface area contributed by atoms with Gasteiger partial charge in [-0.15, -0.1) is 0 Å². The molecule has 3 aromatic rings. The zero-order valence-corrected chi connectivity index (χ0v) is 19.2. The molecule has 4 heterocycles. The number of halogens is 2. The smallest absolute Gasteiger partial charge is 0.258 e. The van der Waals surface area contributed by atoms with Gasteiger partial charge in [-0.2, -0.15) is 0 Å². The summed E-state index contributed by atoms with van der Waals surface area (Å²) < 4.78 is 30.2. The average molecular weight is 481 g/mol. The van der Waals surface area contributed by atoms with Gasteiger partial charge in [0.15, 0.2) is 0 Å². The molecular formula is C26H26F2N4O3. The quantitative estimate of drug-likeness (QED) is 0.566. The number of likely N-dealkylation sites (N-methyl/N-ethyl adjacent to an activating group) is 1. The average Bonchev–Trinajstić information content (AvgIpc) is 3.38. The maximum absolute atomic E-state index is 14.6. The van der Waals surface area contributed by atoms with Crippen molar-refractivity contribution < 1.29 is 18.7 Å². The van der Waals surface area contributed by atoms with Crippen molar-refractivity contribution in [2.24, 2.45) is 11.8 Å². The zero-order valence-electron chi connectivity index (χ0n) is 19.2. The Morgan fingerprint density at radius 2 is 1.94 bits per heavy atom. The lowest BCUT2D eigenvalue weighted by molar-refractivity contribution is -0.127. The van der Waals surface area contributed by atoms with Crippen LogP contribution in [0.25, 0.3) is 11.1 Å². The second-order valence-electron chi connectivity index (χ2n) is 9.03. The molecule has 7 nitrogen and oxygen atoms in total. The van der Waals surface area contributed by atoms with Gasteiger partial charge in [-0.1, -0.05) is 0 Å². The van der Waals surface area contributed by atoms with Crippen molar-refractivity contribution in [3.8, 4) is 11.1 Å². The number of hydrogen-bond acceptors (Lipinski definition) is 5. The molecule has 2 aliphatic rings. The number of carbonyl (C=O) groups is 1. The number of benzene rings is 1. The SMILES string of the molecule is CCNC(=O)[C@H]1[C@H](CO)[C@H]2Cn3c(ccc(-c4ccncc4)c3=O)[C@H]2N1Cc1cc(F)ccc1F. The minimum atomic E-state index is -0.749. The molecule has 1 amide bonds. The van der Waals surface area contributed by atoms with Gasteiger partial charge in [0.05, 0.1) is 12.1 Å². The number of pyridine rings is 2. The largest absolute Gasteiger partial charge is 0.396 e. The van der Waals surface area contributed by atoms with E-state index in [2.05, 4.69) is 10.3 Å². The Balaban J connectivity index is 1.61. The number of carbonyl (C=O) groups excluding carboxylic acids is 1. The Kier molecular flexibility index (Phi) is 6.21. The van der Waals surface area contributed by atoms with Gasteiger partial charge in [-0.3, -0.25) is 19.5 Å². The molecule has 1 fully saturated rings. The highest BCUT2D eigenvalue weighted by atomic mass is 19.1. The maximum Gasteiger partial charge on any atom is 0.258 e. The predicted molar refractivity (Wildman–Crippen MR) is 125 cm³/mol. The first kappa shape index (κ1) is 23.3. The van der Waals surface area contributed by atoms with E-state index >= 15 is 0 Å². The monoisotopic (exact) mass is 480 g/mol. The molecule has 0 radical (unpaired) electrons. The van der Waals surface area contributed by atoms with Gasteiger partial charge < -0.3 is 15.0 Å². The van der Waals surface area contributed by atoms with E-state index in [-0.39, 0.29) is 36.1 Å². The van der Waals surface area contributed by atoms with E-state index in [4.69, 9.17) is 0 Å². The van der Waals surface area contributed by atoms with Gasteiger partial charge in [0, 0.05) is 67.3 Å². The van der Waals surface area contributed by atoms with E-state index in [0.717, 1.165) is 23.8 Å². The maximum atomic E-state index is 14.6. The molecule has 4 atom stereocenters. The molecule has 9 heteroatoms. The Hall–Kier alpha value is -3.43. The number of nitrogens with one attached hydrogen (secondary N) is 1. The van der Waals surface area contributed by atoms with Gasteiger partial charge in [-0.05, 0) is 55.0 Å². The summed E-state index contributed by atoms with van der Waals surface area (Å²) in [6.07, 6.45) is 3.24. The third kappa shape index (κ3) is 3.94. The highest BCUT2D eigenvalue weighted by Gasteiger charge is 2.55. The summed E-state index contributed by atoms with van der Waals surface area (Å²) in [5, 5.41) is 13.1. The number of rotatable bonds is 6. The summed E-state index contributed by atoms with van der Waals surface area (Å²) in [5.41, 5.74) is 1.91. The van der Waals surface area contributed by atoms with Crippen LogP contribution in [0.5, 0.6) is 0 Å². The van der Waals surface area contributed by atoms with Crippen molar-refractivity contribution in [2.75, 3.05) is 13.2 Å². The topological polar surface area (TPSA) is 87.5 Å². The molecular weight excluding hydrogens is 454 g/mol. The number of likely N-dealkylation sites (tertiary alicyclic amines) is 1. The van der Waals surface area contributed by atoms with Crippen LogP contribution in [0.4, 0.5) is 8.78 Å². The Morgan fingerprint density at radius 1 is 1.17 bits per heavy atom. The molecule has 182 valence electrons. The lowest BCUT2D eigenvalue weighted by Crippen LogP contribution is -2.48. The first-order valence-corrected chi connectivity index (χ1v) is 11.7. The Labute approximate surface area is 201 Å². The highest BCUT2D eigenvalue weighted by molar-refractivity contribution is 5.82. The van der Waals surface area contributed by atoms with Crippen LogP contribution in [0.2, 0.25) is 0 Å². The Bertz CT molecular complexity index is 1310. The number of fused-ring (bicyclic) bond motifs is 3. The number of aliphatic hydroxyl groups is 1. The van der Waals surface area contributed by atoms with E-state index in [1.54, 1.807) is 47.0 Å². The van der Waals surface area contributed by atoms with Gasteiger partial charge in [0.25, 0.3) is 5.56 Å².